The highest BCUT2D eigenvalue weighted by Gasteiger charge is 2.15. The van der Waals surface area contributed by atoms with Gasteiger partial charge in [0.1, 0.15) is 11.4 Å². The average molecular weight is 393 g/mol. The standard InChI is InChI=1S/C20H31N3O5/c1-14-6-7-16(15(2)12-14)27-13-18(25)22-11-10-21-17(24)8-9-23-19(26)28-20(3,4)5/h6-7,12H,8-11,13H2,1-5H3,(H,21,24)(H,22,25)(H,23,26). The van der Waals surface area contributed by atoms with Crippen LogP contribution in [0.15, 0.2) is 18.2 Å². The number of amides is 3. The fourth-order valence-electron chi connectivity index (χ4n) is 2.24. The summed E-state index contributed by atoms with van der Waals surface area (Å²) in [7, 11) is 0. The van der Waals surface area contributed by atoms with Crippen LogP contribution in [-0.2, 0) is 14.3 Å². The summed E-state index contributed by atoms with van der Waals surface area (Å²) >= 11 is 0. The summed E-state index contributed by atoms with van der Waals surface area (Å²) in [6.45, 7) is 9.88. The van der Waals surface area contributed by atoms with Gasteiger partial charge in [-0.05, 0) is 46.2 Å². The Bertz CT molecular complexity index is 683. The third-order valence-electron chi connectivity index (χ3n) is 3.48. The number of benzene rings is 1. The minimum atomic E-state index is -0.577. The molecule has 156 valence electrons. The van der Waals surface area contributed by atoms with Crippen molar-refractivity contribution < 1.29 is 23.9 Å². The number of ether oxygens (including phenoxy) is 2. The number of aryl methyl sites for hydroxylation is 2. The molecule has 8 nitrogen and oxygen atoms in total. The Morgan fingerprint density at radius 1 is 0.929 bits per heavy atom. The molecule has 1 aromatic carbocycles. The van der Waals surface area contributed by atoms with Crippen LogP contribution in [0.3, 0.4) is 0 Å². The fraction of sp³-hybridized carbons (Fsp3) is 0.550. The summed E-state index contributed by atoms with van der Waals surface area (Å²) in [6, 6.07) is 5.75. The highest BCUT2D eigenvalue weighted by Crippen LogP contribution is 2.18. The van der Waals surface area contributed by atoms with Crippen molar-refractivity contribution >= 4 is 17.9 Å². The number of nitrogens with one attached hydrogen (secondary N) is 3. The van der Waals surface area contributed by atoms with Crippen molar-refractivity contribution in [1.29, 1.82) is 0 Å². The topological polar surface area (TPSA) is 106 Å². The minimum Gasteiger partial charge on any atom is -0.484 e. The van der Waals surface area contributed by atoms with Crippen LogP contribution in [0, 0.1) is 13.8 Å². The van der Waals surface area contributed by atoms with Gasteiger partial charge in [-0.2, -0.15) is 0 Å². The first kappa shape index (κ1) is 23.3. The van der Waals surface area contributed by atoms with Crippen molar-refractivity contribution in [1.82, 2.24) is 16.0 Å². The van der Waals surface area contributed by atoms with E-state index in [-0.39, 0.29) is 31.4 Å². The average Bonchev–Trinajstić information content (AvgIpc) is 2.56. The van der Waals surface area contributed by atoms with Gasteiger partial charge in [0, 0.05) is 26.1 Å². The van der Waals surface area contributed by atoms with Crippen molar-refractivity contribution in [2.75, 3.05) is 26.2 Å². The maximum atomic E-state index is 11.8. The summed E-state index contributed by atoms with van der Waals surface area (Å²) in [6.07, 6.45) is -0.431. The molecule has 0 bridgehead atoms. The Morgan fingerprint density at radius 2 is 1.57 bits per heavy atom. The number of hydrogen-bond donors (Lipinski definition) is 3. The lowest BCUT2D eigenvalue weighted by Crippen LogP contribution is -2.38. The lowest BCUT2D eigenvalue weighted by Gasteiger charge is -2.19. The first-order valence-electron chi connectivity index (χ1n) is 9.27. The molecule has 1 rings (SSSR count). The molecule has 0 fully saturated rings. The molecule has 1 aromatic rings. The van der Waals surface area contributed by atoms with Gasteiger partial charge >= 0.3 is 6.09 Å². The Morgan fingerprint density at radius 3 is 2.18 bits per heavy atom. The van der Waals surface area contributed by atoms with Crippen molar-refractivity contribution in [3.8, 4) is 5.75 Å². The van der Waals surface area contributed by atoms with Gasteiger partial charge in [0.25, 0.3) is 5.91 Å². The van der Waals surface area contributed by atoms with Gasteiger partial charge < -0.3 is 25.4 Å². The molecule has 0 aliphatic rings. The van der Waals surface area contributed by atoms with E-state index in [0.717, 1.165) is 11.1 Å². The maximum Gasteiger partial charge on any atom is 0.407 e. The van der Waals surface area contributed by atoms with Crippen LogP contribution in [-0.4, -0.2) is 49.7 Å². The van der Waals surface area contributed by atoms with Crippen LogP contribution in [0.1, 0.15) is 38.3 Å². The zero-order valence-corrected chi connectivity index (χ0v) is 17.3. The number of alkyl carbamates (subject to hydrolysis) is 1. The smallest absolute Gasteiger partial charge is 0.407 e. The minimum absolute atomic E-state index is 0.0857. The SMILES string of the molecule is Cc1ccc(OCC(=O)NCCNC(=O)CCNC(=O)OC(C)(C)C)c(C)c1. The third kappa shape index (κ3) is 10.4. The predicted octanol–water partition coefficient (Wildman–Crippen LogP) is 1.83. The second kappa shape index (κ2) is 11.2. The Labute approximate surface area is 166 Å². The van der Waals surface area contributed by atoms with Crippen LogP contribution in [0.5, 0.6) is 5.75 Å². The van der Waals surface area contributed by atoms with Crippen molar-refractivity contribution in [2.24, 2.45) is 0 Å². The highest BCUT2D eigenvalue weighted by atomic mass is 16.6. The van der Waals surface area contributed by atoms with Crippen molar-refractivity contribution in [3.63, 3.8) is 0 Å². The lowest BCUT2D eigenvalue weighted by atomic mass is 10.1. The molecule has 0 unspecified atom stereocenters. The van der Waals surface area contributed by atoms with E-state index in [1.807, 2.05) is 32.0 Å². The van der Waals surface area contributed by atoms with E-state index in [9.17, 15) is 14.4 Å². The second-order valence-corrected chi connectivity index (χ2v) is 7.44. The van der Waals surface area contributed by atoms with Gasteiger partial charge in [-0.3, -0.25) is 9.59 Å². The Kier molecular flexibility index (Phi) is 9.27. The second-order valence-electron chi connectivity index (χ2n) is 7.44. The molecular formula is C20H31N3O5. The van der Waals surface area contributed by atoms with Crippen LogP contribution >= 0.6 is 0 Å². The zero-order valence-electron chi connectivity index (χ0n) is 17.3. The monoisotopic (exact) mass is 393 g/mol. The van der Waals surface area contributed by atoms with Gasteiger partial charge in [-0.15, -0.1) is 0 Å². The summed E-state index contributed by atoms with van der Waals surface area (Å²) in [5.74, 6) is 0.184. The molecule has 0 heterocycles. The number of rotatable bonds is 9. The van der Waals surface area contributed by atoms with Gasteiger partial charge in [-0.1, -0.05) is 17.7 Å². The largest absolute Gasteiger partial charge is 0.484 e. The van der Waals surface area contributed by atoms with Crippen LogP contribution < -0.4 is 20.7 Å². The first-order chi connectivity index (χ1) is 13.1. The molecule has 8 heteroatoms. The van der Waals surface area contributed by atoms with Crippen LogP contribution in [0.25, 0.3) is 0 Å². The molecule has 0 saturated carbocycles. The van der Waals surface area contributed by atoms with Gasteiger partial charge in [0.2, 0.25) is 5.91 Å². The molecule has 0 atom stereocenters. The van der Waals surface area contributed by atoms with E-state index in [0.29, 0.717) is 18.8 Å². The Hall–Kier alpha value is -2.77. The van der Waals surface area contributed by atoms with E-state index in [1.54, 1.807) is 20.8 Å². The van der Waals surface area contributed by atoms with Crippen LogP contribution in [0.4, 0.5) is 4.79 Å². The molecule has 28 heavy (non-hydrogen) atoms. The van der Waals surface area contributed by atoms with E-state index in [1.165, 1.54) is 0 Å². The molecule has 0 aliphatic heterocycles. The fourth-order valence-corrected chi connectivity index (χ4v) is 2.24. The summed E-state index contributed by atoms with van der Waals surface area (Å²) in [5, 5.41) is 7.84. The van der Waals surface area contributed by atoms with E-state index in [4.69, 9.17) is 9.47 Å². The molecule has 0 aliphatic carbocycles. The van der Waals surface area contributed by atoms with Crippen molar-refractivity contribution in [3.05, 3.63) is 29.3 Å². The van der Waals surface area contributed by atoms with Crippen LogP contribution in [0.2, 0.25) is 0 Å². The molecule has 3 amide bonds. The maximum absolute atomic E-state index is 11.8. The molecule has 0 aromatic heterocycles. The third-order valence-corrected chi connectivity index (χ3v) is 3.48. The molecule has 0 spiro atoms. The normalized spacial score (nSPS) is 10.8. The molecule has 3 N–H and O–H groups in total. The molecule has 0 saturated heterocycles. The van der Waals surface area contributed by atoms with Gasteiger partial charge in [0.15, 0.2) is 6.61 Å². The zero-order chi connectivity index (χ0) is 21.2. The summed E-state index contributed by atoms with van der Waals surface area (Å²) in [4.78, 5) is 34.9. The number of carbonyl (C=O) groups is 3. The van der Waals surface area contributed by atoms with Gasteiger partial charge in [0.05, 0.1) is 0 Å². The summed E-state index contributed by atoms with van der Waals surface area (Å²) < 4.78 is 10.6. The van der Waals surface area contributed by atoms with E-state index in [2.05, 4.69) is 16.0 Å². The molecular weight excluding hydrogens is 362 g/mol. The van der Waals surface area contributed by atoms with Crippen molar-refractivity contribution in [2.45, 2.75) is 46.6 Å². The Balaban J connectivity index is 2.11. The summed E-state index contributed by atoms with van der Waals surface area (Å²) in [5.41, 5.74) is 1.53. The highest BCUT2D eigenvalue weighted by molar-refractivity contribution is 5.78. The number of hydrogen-bond acceptors (Lipinski definition) is 5. The first-order valence-corrected chi connectivity index (χ1v) is 9.27. The predicted molar refractivity (Wildman–Crippen MR) is 106 cm³/mol. The lowest BCUT2D eigenvalue weighted by molar-refractivity contribution is -0.124. The van der Waals surface area contributed by atoms with Gasteiger partial charge in [-0.25, -0.2) is 4.79 Å². The molecule has 0 radical (unpaired) electrons. The van der Waals surface area contributed by atoms with E-state index >= 15 is 0 Å². The van der Waals surface area contributed by atoms with E-state index < -0.39 is 11.7 Å². The number of carbonyl (C=O) groups excluding carboxylic acids is 3. The quantitative estimate of drug-likeness (QED) is 0.555.